The van der Waals surface area contributed by atoms with Crippen molar-refractivity contribution in [2.45, 2.75) is 25.7 Å². The van der Waals surface area contributed by atoms with Crippen molar-refractivity contribution in [2.24, 2.45) is 11.1 Å². The van der Waals surface area contributed by atoms with Crippen LogP contribution < -0.4 is 11.1 Å². The highest BCUT2D eigenvalue weighted by Gasteiger charge is 2.36. The van der Waals surface area contributed by atoms with Gasteiger partial charge in [0.1, 0.15) is 0 Å². The lowest BCUT2D eigenvalue weighted by molar-refractivity contribution is 0.0902. The van der Waals surface area contributed by atoms with Crippen molar-refractivity contribution in [3.63, 3.8) is 0 Å². The molecule has 2 aliphatic rings. The monoisotopic (exact) mass is 233 g/mol. The first-order valence-corrected chi connectivity index (χ1v) is 5.47. The molecule has 0 aromatic rings. The summed E-state index contributed by atoms with van der Waals surface area (Å²) in [6, 6.07) is -0.256. The number of carbonyl (C=O) groups excluding carboxylic acids is 1. The Hall–Kier alpha value is -0.480. The summed E-state index contributed by atoms with van der Waals surface area (Å²) in [6.07, 6.45) is 4.80. The number of nitrogens with two attached hydrogens (primary N) is 1. The molecule has 0 radical (unpaired) electrons. The van der Waals surface area contributed by atoms with E-state index in [1.165, 1.54) is 12.8 Å². The molecular weight excluding hydrogens is 214 g/mol. The fourth-order valence-electron chi connectivity index (χ4n) is 2.66. The van der Waals surface area contributed by atoms with Crippen LogP contribution >= 0.6 is 12.4 Å². The van der Waals surface area contributed by atoms with E-state index in [0.29, 0.717) is 5.41 Å². The number of urea groups is 1. The third-order valence-corrected chi connectivity index (χ3v) is 3.80. The van der Waals surface area contributed by atoms with Gasteiger partial charge in [-0.3, -0.25) is 0 Å². The molecule has 4 nitrogen and oxygen atoms in total. The highest BCUT2D eigenvalue weighted by Crippen LogP contribution is 2.39. The van der Waals surface area contributed by atoms with Gasteiger partial charge in [0.05, 0.1) is 0 Å². The molecule has 88 valence electrons. The molecule has 2 fully saturated rings. The second-order valence-electron chi connectivity index (χ2n) is 4.58. The van der Waals surface area contributed by atoms with Crippen molar-refractivity contribution in [3.8, 4) is 0 Å². The number of nitrogens with one attached hydrogen (secondary N) is 1. The molecule has 5 heteroatoms. The molecule has 0 unspecified atom stereocenters. The molecule has 0 saturated carbocycles. The van der Waals surface area contributed by atoms with Gasteiger partial charge in [-0.1, -0.05) is 0 Å². The normalized spacial score (nSPS) is 24.7. The summed E-state index contributed by atoms with van der Waals surface area (Å²) in [5, 5.41) is 3.39. The quantitative estimate of drug-likeness (QED) is 0.655. The molecule has 3 N–H and O–H groups in total. The van der Waals surface area contributed by atoms with Crippen LogP contribution in [-0.2, 0) is 0 Å². The highest BCUT2D eigenvalue weighted by atomic mass is 35.5. The molecule has 2 heterocycles. The lowest BCUT2D eigenvalue weighted by atomic mass is 9.72. The zero-order chi connectivity index (χ0) is 10.0. The second-order valence-corrected chi connectivity index (χ2v) is 4.58. The molecule has 2 rings (SSSR count). The van der Waals surface area contributed by atoms with E-state index in [4.69, 9.17) is 5.73 Å². The molecule has 0 bridgehead atoms. The van der Waals surface area contributed by atoms with Crippen LogP contribution in [0.15, 0.2) is 0 Å². The minimum atomic E-state index is -0.256. The van der Waals surface area contributed by atoms with Crippen LogP contribution in [0.3, 0.4) is 0 Å². The average molecular weight is 234 g/mol. The molecular formula is C10H20ClN3O. The van der Waals surface area contributed by atoms with Crippen molar-refractivity contribution in [1.82, 2.24) is 10.2 Å². The Balaban J connectivity index is 0.00000112. The van der Waals surface area contributed by atoms with Gasteiger partial charge in [-0.05, 0) is 44.2 Å². The highest BCUT2D eigenvalue weighted by molar-refractivity contribution is 5.85. The molecule has 0 aromatic carbocycles. The van der Waals surface area contributed by atoms with Crippen molar-refractivity contribution < 1.29 is 4.79 Å². The van der Waals surface area contributed by atoms with Gasteiger partial charge >= 0.3 is 6.03 Å². The van der Waals surface area contributed by atoms with Crippen LogP contribution in [-0.4, -0.2) is 37.1 Å². The number of carbonyl (C=O) groups is 1. The molecule has 1 spiro atoms. The van der Waals surface area contributed by atoms with Gasteiger partial charge in [0, 0.05) is 13.1 Å². The van der Waals surface area contributed by atoms with E-state index < -0.39 is 0 Å². The van der Waals surface area contributed by atoms with Crippen molar-refractivity contribution in [2.75, 3.05) is 26.2 Å². The third-order valence-electron chi connectivity index (χ3n) is 3.80. The number of rotatable bonds is 0. The number of likely N-dealkylation sites (tertiary alicyclic amines) is 1. The lowest BCUT2D eigenvalue weighted by Gasteiger charge is -2.44. The standard InChI is InChI=1S/C10H19N3O.ClH/c11-9(14)13-7-3-10(4-8-13)1-5-12-6-2-10;/h12H,1-8H2,(H2,11,14);1H. The summed E-state index contributed by atoms with van der Waals surface area (Å²) in [6.45, 7) is 3.98. The van der Waals surface area contributed by atoms with Crippen molar-refractivity contribution in [3.05, 3.63) is 0 Å². The molecule has 0 aromatic heterocycles. The van der Waals surface area contributed by atoms with E-state index in [9.17, 15) is 4.79 Å². The topological polar surface area (TPSA) is 58.4 Å². The van der Waals surface area contributed by atoms with Crippen LogP contribution in [0.5, 0.6) is 0 Å². The van der Waals surface area contributed by atoms with E-state index in [0.717, 1.165) is 39.0 Å². The average Bonchev–Trinajstić information content (AvgIpc) is 2.19. The van der Waals surface area contributed by atoms with Gasteiger partial charge in [0.25, 0.3) is 0 Å². The summed E-state index contributed by atoms with van der Waals surface area (Å²) < 4.78 is 0. The molecule has 0 aliphatic carbocycles. The molecule has 2 saturated heterocycles. The number of piperidine rings is 2. The van der Waals surface area contributed by atoms with Crippen LogP contribution in [0, 0.1) is 5.41 Å². The Morgan fingerprint density at radius 3 is 2.13 bits per heavy atom. The molecule has 0 atom stereocenters. The minimum Gasteiger partial charge on any atom is -0.351 e. The third kappa shape index (κ3) is 2.75. The minimum absolute atomic E-state index is 0. The number of hydrogen-bond acceptors (Lipinski definition) is 2. The maximum Gasteiger partial charge on any atom is 0.314 e. The maximum absolute atomic E-state index is 11.0. The maximum atomic E-state index is 11.0. The largest absolute Gasteiger partial charge is 0.351 e. The first-order valence-electron chi connectivity index (χ1n) is 5.47. The predicted octanol–water partition coefficient (Wildman–Crippen LogP) is 0.952. The van der Waals surface area contributed by atoms with E-state index in [2.05, 4.69) is 5.32 Å². The SMILES string of the molecule is Cl.NC(=O)N1CCC2(CCNCC2)CC1. The van der Waals surface area contributed by atoms with E-state index >= 15 is 0 Å². The Labute approximate surface area is 97.0 Å². The van der Waals surface area contributed by atoms with Gasteiger partial charge in [-0.15, -0.1) is 12.4 Å². The fraction of sp³-hybridized carbons (Fsp3) is 0.900. The van der Waals surface area contributed by atoms with Crippen LogP contribution in [0.4, 0.5) is 4.79 Å². The molecule has 2 aliphatic heterocycles. The van der Waals surface area contributed by atoms with Gasteiger partial charge in [-0.2, -0.15) is 0 Å². The zero-order valence-electron chi connectivity index (χ0n) is 9.00. The number of amides is 2. The lowest BCUT2D eigenvalue weighted by Crippen LogP contribution is -2.48. The van der Waals surface area contributed by atoms with Crippen molar-refractivity contribution >= 4 is 18.4 Å². The first-order chi connectivity index (χ1) is 6.72. The number of nitrogens with zero attached hydrogens (tertiary/aromatic N) is 1. The van der Waals surface area contributed by atoms with Gasteiger partial charge in [0.2, 0.25) is 0 Å². The van der Waals surface area contributed by atoms with Crippen molar-refractivity contribution in [1.29, 1.82) is 0 Å². The Bertz CT molecular complexity index is 219. The second kappa shape index (κ2) is 5.03. The Morgan fingerprint density at radius 2 is 1.67 bits per heavy atom. The summed E-state index contributed by atoms with van der Waals surface area (Å²) in [5.41, 5.74) is 5.77. The van der Waals surface area contributed by atoms with Crippen LogP contribution in [0.1, 0.15) is 25.7 Å². The smallest absolute Gasteiger partial charge is 0.314 e. The van der Waals surface area contributed by atoms with Crippen LogP contribution in [0.25, 0.3) is 0 Å². The summed E-state index contributed by atoms with van der Waals surface area (Å²) in [5.74, 6) is 0. The zero-order valence-corrected chi connectivity index (χ0v) is 9.81. The summed E-state index contributed by atoms with van der Waals surface area (Å²) in [7, 11) is 0. The summed E-state index contributed by atoms with van der Waals surface area (Å²) in [4.78, 5) is 12.7. The number of halogens is 1. The van der Waals surface area contributed by atoms with Crippen LogP contribution in [0.2, 0.25) is 0 Å². The number of hydrogen-bond donors (Lipinski definition) is 2. The molecule has 2 amide bonds. The fourth-order valence-corrected chi connectivity index (χ4v) is 2.66. The van der Waals surface area contributed by atoms with Gasteiger partial charge < -0.3 is 16.0 Å². The van der Waals surface area contributed by atoms with Gasteiger partial charge in [0.15, 0.2) is 0 Å². The first kappa shape index (κ1) is 12.6. The molecule has 15 heavy (non-hydrogen) atoms. The Kier molecular flexibility index (Phi) is 4.22. The Morgan fingerprint density at radius 1 is 1.13 bits per heavy atom. The van der Waals surface area contributed by atoms with E-state index in [1.54, 1.807) is 4.90 Å². The van der Waals surface area contributed by atoms with Gasteiger partial charge in [-0.25, -0.2) is 4.79 Å². The van der Waals surface area contributed by atoms with E-state index in [-0.39, 0.29) is 18.4 Å². The summed E-state index contributed by atoms with van der Waals surface area (Å²) >= 11 is 0. The predicted molar refractivity (Wildman–Crippen MR) is 62.2 cm³/mol. The number of primary amides is 1. The van der Waals surface area contributed by atoms with E-state index in [1.807, 2.05) is 0 Å².